The molecular weight excluding hydrogens is 393 g/mol. The first-order valence-electron chi connectivity index (χ1n) is 8.49. The van der Waals surface area contributed by atoms with Gasteiger partial charge >= 0.3 is 11.9 Å². The van der Waals surface area contributed by atoms with E-state index in [1.165, 1.54) is 38.3 Å². The van der Waals surface area contributed by atoms with Gasteiger partial charge in [0, 0.05) is 25.4 Å². The Bertz CT molecular complexity index is 865. The van der Waals surface area contributed by atoms with Crippen LogP contribution in [0.1, 0.15) is 20.1 Å². The fraction of sp³-hybridized carbons (Fsp3) is 0.562. The maximum absolute atomic E-state index is 12.5. The zero-order valence-corrected chi connectivity index (χ0v) is 16.1. The van der Waals surface area contributed by atoms with E-state index in [1.54, 1.807) is 4.57 Å². The van der Waals surface area contributed by atoms with Crippen LogP contribution >= 0.6 is 11.8 Å². The van der Waals surface area contributed by atoms with Gasteiger partial charge < -0.3 is 19.9 Å². The van der Waals surface area contributed by atoms with Gasteiger partial charge in [0.25, 0.3) is 0 Å². The second-order valence-electron chi connectivity index (χ2n) is 6.06. The van der Waals surface area contributed by atoms with Crippen molar-refractivity contribution in [2.24, 2.45) is 0 Å². The molecule has 12 heteroatoms. The van der Waals surface area contributed by atoms with Crippen molar-refractivity contribution >= 4 is 40.7 Å². The highest BCUT2D eigenvalue weighted by atomic mass is 32.2. The summed E-state index contributed by atoms with van der Waals surface area (Å²) in [5.41, 5.74) is 6.57. The van der Waals surface area contributed by atoms with Gasteiger partial charge in [0.05, 0.1) is 13.0 Å². The number of carbonyl (C=O) groups excluding carboxylic acids is 2. The van der Waals surface area contributed by atoms with Crippen LogP contribution < -0.4 is 5.73 Å². The molecule has 0 spiro atoms. The average molecular weight is 413 g/mol. The van der Waals surface area contributed by atoms with Crippen LogP contribution in [0.3, 0.4) is 0 Å². The summed E-state index contributed by atoms with van der Waals surface area (Å²) in [4.78, 5) is 35.6. The molecule has 4 atom stereocenters. The normalized spacial score (nSPS) is 24.4. The van der Waals surface area contributed by atoms with Gasteiger partial charge in [0.2, 0.25) is 0 Å². The van der Waals surface area contributed by atoms with Crippen molar-refractivity contribution in [3.63, 3.8) is 0 Å². The zero-order valence-electron chi connectivity index (χ0n) is 15.3. The Morgan fingerprint density at radius 3 is 2.64 bits per heavy atom. The van der Waals surface area contributed by atoms with Crippen molar-refractivity contribution < 1.29 is 28.2 Å². The highest BCUT2D eigenvalue weighted by molar-refractivity contribution is 7.99. The predicted octanol–water partition coefficient (Wildman–Crippen LogP) is 0.872. The number of aromatic nitrogens is 4. The molecule has 0 unspecified atom stereocenters. The molecule has 1 aliphatic heterocycles. The number of hydrogen-bond acceptors (Lipinski definition) is 10. The number of imidazole rings is 1. The molecule has 1 saturated heterocycles. The third kappa shape index (κ3) is 4.17. The summed E-state index contributed by atoms with van der Waals surface area (Å²) < 4.78 is 30.9. The molecule has 0 amide bonds. The number of halogens is 1. The molecule has 28 heavy (non-hydrogen) atoms. The second kappa shape index (κ2) is 8.69. The molecule has 0 bridgehead atoms. The van der Waals surface area contributed by atoms with Gasteiger partial charge in [-0.1, -0.05) is 0 Å². The predicted molar refractivity (Wildman–Crippen MR) is 98.1 cm³/mol. The second-order valence-corrected chi connectivity index (χ2v) is 7.21. The minimum absolute atomic E-state index is 0.192. The zero-order chi connectivity index (χ0) is 20.3. The van der Waals surface area contributed by atoms with Gasteiger partial charge in [-0.15, -0.1) is 0 Å². The number of carbonyl (C=O) groups is 2. The molecule has 10 nitrogen and oxygen atoms in total. The van der Waals surface area contributed by atoms with Crippen molar-refractivity contribution in [2.45, 2.75) is 38.4 Å². The summed E-state index contributed by atoms with van der Waals surface area (Å²) in [5.74, 6) is -0.301. The van der Waals surface area contributed by atoms with Crippen LogP contribution in [-0.2, 0) is 23.8 Å². The standard InChI is InChI=1S/C16H20FN5O5S/c1-8(23)25-12-10(5-28-4-3-17)27-16(13(12)26-9(2)24)22-7-21-11-14(18)19-6-20-15(11)22/h6-7,10,12-13,16H,3-5H2,1-2H3,(H2,18,19,20)/t10-,12-,13-,16-/m1/s1. The summed E-state index contributed by atoms with van der Waals surface area (Å²) in [6.07, 6.45) is -0.557. The van der Waals surface area contributed by atoms with E-state index in [-0.39, 0.29) is 11.6 Å². The van der Waals surface area contributed by atoms with Crippen LogP contribution in [0.5, 0.6) is 0 Å². The lowest BCUT2D eigenvalue weighted by Gasteiger charge is -2.23. The first kappa shape index (κ1) is 20.3. The highest BCUT2D eigenvalue weighted by Gasteiger charge is 2.50. The van der Waals surface area contributed by atoms with Crippen molar-refractivity contribution in [1.82, 2.24) is 19.5 Å². The Morgan fingerprint density at radius 2 is 1.96 bits per heavy atom. The Labute approximate surface area is 163 Å². The number of hydrogen-bond donors (Lipinski definition) is 1. The molecule has 0 aromatic carbocycles. The molecule has 0 aliphatic carbocycles. The fourth-order valence-electron chi connectivity index (χ4n) is 3.03. The monoisotopic (exact) mass is 413 g/mol. The van der Waals surface area contributed by atoms with Crippen LogP contribution in [0.15, 0.2) is 12.7 Å². The lowest BCUT2D eigenvalue weighted by atomic mass is 10.1. The Kier molecular flexibility index (Phi) is 6.29. The maximum Gasteiger partial charge on any atom is 0.303 e. The molecule has 2 aromatic heterocycles. The minimum Gasteiger partial charge on any atom is -0.456 e. The number of thioether (sulfide) groups is 1. The molecule has 152 valence electrons. The lowest BCUT2D eigenvalue weighted by molar-refractivity contribution is -0.165. The van der Waals surface area contributed by atoms with Gasteiger partial charge in [-0.25, -0.2) is 15.0 Å². The Balaban J connectivity index is 1.97. The van der Waals surface area contributed by atoms with Crippen LogP contribution in [-0.4, -0.2) is 67.9 Å². The average Bonchev–Trinajstić information content (AvgIpc) is 3.18. The number of esters is 2. The van der Waals surface area contributed by atoms with Crippen molar-refractivity contribution in [3.05, 3.63) is 12.7 Å². The number of nitrogens with two attached hydrogens (primary N) is 1. The van der Waals surface area contributed by atoms with E-state index in [0.29, 0.717) is 16.9 Å². The molecule has 0 radical (unpaired) electrons. The summed E-state index contributed by atoms with van der Waals surface area (Å²) in [7, 11) is 0. The Hall–Kier alpha value is -2.47. The van der Waals surface area contributed by atoms with Crippen LogP contribution in [0.2, 0.25) is 0 Å². The largest absolute Gasteiger partial charge is 0.456 e. The minimum atomic E-state index is -0.939. The van der Waals surface area contributed by atoms with E-state index >= 15 is 0 Å². The quantitative estimate of drug-likeness (QED) is 0.515. The first-order valence-corrected chi connectivity index (χ1v) is 9.64. The van der Waals surface area contributed by atoms with Crippen molar-refractivity contribution in [2.75, 3.05) is 23.9 Å². The highest BCUT2D eigenvalue weighted by Crippen LogP contribution is 2.37. The van der Waals surface area contributed by atoms with Gasteiger partial charge in [0.15, 0.2) is 29.9 Å². The van der Waals surface area contributed by atoms with Gasteiger partial charge in [-0.3, -0.25) is 18.5 Å². The number of nitrogens with zero attached hydrogens (tertiary/aromatic N) is 4. The molecule has 3 rings (SSSR count). The van der Waals surface area contributed by atoms with E-state index in [0.717, 1.165) is 0 Å². The Morgan fingerprint density at radius 1 is 1.25 bits per heavy atom. The van der Waals surface area contributed by atoms with E-state index in [2.05, 4.69) is 15.0 Å². The number of alkyl halides is 1. The summed E-state index contributed by atoms with van der Waals surface area (Å²) in [6.45, 7) is 2.01. The number of nitrogen functional groups attached to an aromatic ring is 1. The topological polar surface area (TPSA) is 131 Å². The molecule has 1 aliphatic rings. The SMILES string of the molecule is CC(=O)O[C@@H]1[C@H](OC(C)=O)[C@@H](CSCCF)O[C@H]1n1cnc2c(N)ncnc21. The summed E-state index contributed by atoms with van der Waals surface area (Å²) in [5, 5.41) is 0. The fourth-order valence-corrected chi connectivity index (χ4v) is 3.80. The van der Waals surface area contributed by atoms with Crippen molar-refractivity contribution in [1.29, 1.82) is 0 Å². The van der Waals surface area contributed by atoms with Crippen LogP contribution in [0, 0.1) is 0 Å². The van der Waals surface area contributed by atoms with E-state index in [9.17, 15) is 14.0 Å². The molecule has 2 aromatic rings. The number of anilines is 1. The lowest BCUT2D eigenvalue weighted by Crippen LogP contribution is -2.39. The summed E-state index contributed by atoms with van der Waals surface area (Å²) in [6, 6.07) is 0. The third-order valence-electron chi connectivity index (χ3n) is 4.05. The van der Waals surface area contributed by atoms with E-state index in [1.807, 2.05) is 0 Å². The molecular formula is C16H20FN5O5S. The summed E-state index contributed by atoms with van der Waals surface area (Å²) >= 11 is 1.31. The number of rotatable bonds is 7. The smallest absolute Gasteiger partial charge is 0.303 e. The van der Waals surface area contributed by atoms with Crippen LogP contribution in [0.25, 0.3) is 11.2 Å². The first-order chi connectivity index (χ1) is 13.4. The molecule has 1 fully saturated rings. The molecule has 3 heterocycles. The van der Waals surface area contributed by atoms with Gasteiger partial charge in [-0.05, 0) is 0 Å². The van der Waals surface area contributed by atoms with Crippen LogP contribution in [0.4, 0.5) is 10.2 Å². The molecule has 0 saturated carbocycles. The van der Waals surface area contributed by atoms with Gasteiger partial charge in [-0.2, -0.15) is 11.8 Å². The van der Waals surface area contributed by atoms with E-state index < -0.39 is 43.2 Å². The molecule has 2 N–H and O–H groups in total. The maximum atomic E-state index is 12.5. The van der Waals surface area contributed by atoms with Gasteiger partial charge in [0.1, 0.15) is 17.9 Å². The third-order valence-corrected chi connectivity index (χ3v) is 5.06. The van der Waals surface area contributed by atoms with E-state index in [4.69, 9.17) is 19.9 Å². The number of fused-ring (bicyclic) bond motifs is 1. The van der Waals surface area contributed by atoms with Crippen molar-refractivity contribution in [3.8, 4) is 0 Å². The number of ether oxygens (including phenoxy) is 3.